The lowest BCUT2D eigenvalue weighted by molar-refractivity contribution is 0.549. The average Bonchev–Trinajstić information content (AvgIpc) is 2.84. The van der Waals surface area contributed by atoms with Crippen molar-refractivity contribution in [2.45, 2.75) is 26.2 Å². The summed E-state index contributed by atoms with van der Waals surface area (Å²) in [6.45, 7) is 4.59. The molecule has 0 aromatic heterocycles. The van der Waals surface area contributed by atoms with Crippen molar-refractivity contribution in [3.63, 3.8) is 0 Å². The first-order valence-corrected chi connectivity index (χ1v) is 5.32. The largest absolute Gasteiger partial charge is 0.0840 e. The smallest absolute Gasteiger partial charge is 0.0440 e. The lowest BCUT2D eigenvalue weighted by atomic mass is 10.0. The fourth-order valence-electron chi connectivity index (χ4n) is 2.08. The molecule has 1 fully saturated rings. The quantitative estimate of drug-likeness (QED) is 0.665. The molecule has 0 unspecified atom stereocenters. The SMILES string of the molecule is CC(C)[C@H]1C[C@@H]1c1ccccc1Cl. The topological polar surface area (TPSA) is 0 Å². The summed E-state index contributed by atoms with van der Waals surface area (Å²) in [7, 11) is 0. The molecule has 1 aromatic carbocycles. The Labute approximate surface area is 84.9 Å². The Hall–Kier alpha value is -0.490. The van der Waals surface area contributed by atoms with Crippen LogP contribution in [0.4, 0.5) is 0 Å². The molecule has 0 spiro atoms. The highest BCUT2D eigenvalue weighted by atomic mass is 35.5. The van der Waals surface area contributed by atoms with Crippen LogP contribution in [0.2, 0.25) is 5.02 Å². The van der Waals surface area contributed by atoms with E-state index in [9.17, 15) is 0 Å². The van der Waals surface area contributed by atoms with Gasteiger partial charge in [-0.15, -0.1) is 0 Å². The van der Waals surface area contributed by atoms with Crippen molar-refractivity contribution in [3.8, 4) is 0 Å². The first-order chi connectivity index (χ1) is 6.20. The molecule has 1 aliphatic carbocycles. The standard InChI is InChI=1S/C12H15Cl/c1-8(2)10-7-11(10)9-5-3-4-6-12(9)13/h3-6,8,10-11H,7H2,1-2H3/t10-,11-/m1/s1. The summed E-state index contributed by atoms with van der Waals surface area (Å²) >= 11 is 6.13. The molecule has 0 amide bonds. The Balaban J connectivity index is 2.16. The second-order valence-corrected chi connectivity index (χ2v) is 4.68. The molecule has 0 nitrogen and oxygen atoms in total. The van der Waals surface area contributed by atoms with Gasteiger partial charge in [-0.2, -0.15) is 0 Å². The van der Waals surface area contributed by atoms with E-state index >= 15 is 0 Å². The zero-order valence-electron chi connectivity index (χ0n) is 8.13. The maximum atomic E-state index is 6.13. The maximum absolute atomic E-state index is 6.13. The molecule has 13 heavy (non-hydrogen) atoms. The first-order valence-electron chi connectivity index (χ1n) is 4.94. The van der Waals surface area contributed by atoms with E-state index in [1.165, 1.54) is 12.0 Å². The third-order valence-electron chi connectivity index (χ3n) is 3.00. The summed E-state index contributed by atoms with van der Waals surface area (Å²) in [6, 6.07) is 8.23. The van der Waals surface area contributed by atoms with Crippen molar-refractivity contribution >= 4 is 11.6 Å². The molecule has 0 heterocycles. The fraction of sp³-hybridized carbons (Fsp3) is 0.500. The predicted molar refractivity (Wildman–Crippen MR) is 57.1 cm³/mol. The van der Waals surface area contributed by atoms with Gasteiger partial charge in [-0.25, -0.2) is 0 Å². The second-order valence-electron chi connectivity index (χ2n) is 4.27. The number of hydrogen-bond acceptors (Lipinski definition) is 0. The normalized spacial score (nSPS) is 26.5. The lowest BCUT2D eigenvalue weighted by Crippen LogP contribution is -1.92. The molecule has 2 atom stereocenters. The Bertz CT molecular complexity index is 304. The van der Waals surface area contributed by atoms with Gasteiger partial charge in [0.1, 0.15) is 0 Å². The van der Waals surface area contributed by atoms with E-state index < -0.39 is 0 Å². The number of rotatable bonds is 2. The van der Waals surface area contributed by atoms with Crippen LogP contribution in [0.1, 0.15) is 31.7 Å². The minimum atomic E-state index is 0.730. The molecular weight excluding hydrogens is 180 g/mol. The molecule has 1 heteroatoms. The molecule has 0 N–H and O–H groups in total. The van der Waals surface area contributed by atoms with Crippen LogP contribution in [0, 0.1) is 11.8 Å². The maximum Gasteiger partial charge on any atom is 0.0440 e. The van der Waals surface area contributed by atoms with Crippen LogP contribution in [-0.2, 0) is 0 Å². The van der Waals surface area contributed by atoms with Gasteiger partial charge in [0.25, 0.3) is 0 Å². The highest BCUT2D eigenvalue weighted by Crippen LogP contribution is 2.53. The zero-order chi connectivity index (χ0) is 9.42. The van der Waals surface area contributed by atoms with E-state index in [2.05, 4.69) is 26.0 Å². The van der Waals surface area contributed by atoms with Crippen molar-refractivity contribution < 1.29 is 0 Å². The minimum Gasteiger partial charge on any atom is -0.0840 e. The van der Waals surface area contributed by atoms with E-state index in [0.29, 0.717) is 0 Å². The summed E-state index contributed by atoms with van der Waals surface area (Å²) in [5, 5.41) is 0.940. The Kier molecular flexibility index (Phi) is 2.33. The molecule has 1 saturated carbocycles. The molecule has 2 rings (SSSR count). The lowest BCUT2D eigenvalue weighted by Gasteiger charge is -2.05. The van der Waals surface area contributed by atoms with Crippen LogP contribution in [0.15, 0.2) is 24.3 Å². The number of halogens is 1. The molecule has 0 aliphatic heterocycles. The minimum absolute atomic E-state index is 0.730. The van der Waals surface area contributed by atoms with Crippen molar-refractivity contribution in [1.82, 2.24) is 0 Å². The summed E-state index contributed by atoms with van der Waals surface area (Å²) < 4.78 is 0. The Morgan fingerprint density at radius 3 is 2.54 bits per heavy atom. The number of benzene rings is 1. The van der Waals surface area contributed by atoms with E-state index in [1.807, 2.05) is 12.1 Å². The van der Waals surface area contributed by atoms with Gasteiger partial charge in [0.05, 0.1) is 0 Å². The van der Waals surface area contributed by atoms with Crippen molar-refractivity contribution in [3.05, 3.63) is 34.9 Å². The molecular formula is C12H15Cl. The van der Waals surface area contributed by atoms with Gasteiger partial charge in [0.2, 0.25) is 0 Å². The van der Waals surface area contributed by atoms with Gasteiger partial charge in [0, 0.05) is 5.02 Å². The highest BCUT2D eigenvalue weighted by molar-refractivity contribution is 6.31. The van der Waals surface area contributed by atoms with Gasteiger partial charge in [-0.05, 0) is 35.8 Å². The van der Waals surface area contributed by atoms with Crippen LogP contribution < -0.4 is 0 Å². The van der Waals surface area contributed by atoms with Gasteiger partial charge in [0.15, 0.2) is 0 Å². The van der Waals surface area contributed by atoms with Gasteiger partial charge >= 0.3 is 0 Å². The number of hydrogen-bond donors (Lipinski definition) is 0. The summed E-state index contributed by atoms with van der Waals surface area (Å²) in [4.78, 5) is 0. The molecule has 70 valence electrons. The van der Waals surface area contributed by atoms with E-state index in [-0.39, 0.29) is 0 Å². The van der Waals surface area contributed by atoms with Gasteiger partial charge < -0.3 is 0 Å². The van der Waals surface area contributed by atoms with Crippen molar-refractivity contribution in [2.24, 2.45) is 11.8 Å². The Morgan fingerprint density at radius 1 is 1.31 bits per heavy atom. The van der Waals surface area contributed by atoms with Crippen LogP contribution in [-0.4, -0.2) is 0 Å². The van der Waals surface area contributed by atoms with E-state index in [0.717, 1.165) is 22.8 Å². The van der Waals surface area contributed by atoms with Crippen molar-refractivity contribution in [1.29, 1.82) is 0 Å². The van der Waals surface area contributed by atoms with Gasteiger partial charge in [-0.1, -0.05) is 43.6 Å². The average molecular weight is 195 g/mol. The van der Waals surface area contributed by atoms with Crippen LogP contribution >= 0.6 is 11.6 Å². The molecule has 1 aliphatic rings. The molecule has 0 saturated heterocycles. The predicted octanol–water partition coefficient (Wildman–Crippen LogP) is 4.10. The highest BCUT2D eigenvalue weighted by Gasteiger charge is 2.40. The Morgan fingerprint density at radius 2 is 2.00 bits per heavy atom. The molecule has 0 bridgehead atoms. The van der Waals surface area contributed by atoms with Crippen LogP contribution in [0.5, 0.6) is 0 Å². The second kappa shape index (κ2) is 3.34. The summed E-state index contributed by atoms with van der Waals surface area (Å²) in [5.74, 6) is 2.38. The van der Waals surface area contributed by atoms with E-state index in [1.54, 1.807) is 0 Å². The third-order valence-corrected chi connectivity index (χ3v) is 3.35. The molecule has 0 radical (unpaired) electrons. The summed E-state index contributed by atoms with van der Waals surface area (Å²) in [6.07, 6.45) is 1.32. The zero-order valence-corrected chi connectivity index (χ0v) is 8.88. The van der Waals surface area contributed by atoms with Gasteiger partial charge in [-0.3, -0.25) is 0 Å². The fourth-order valence-corrected chi connectivity index (χ4v) is 2.36. The van der Waals surface area contributed by atoms with E-state index in [4.69, 9.17) is 11.6 Å². The third kappa shape index (κ3) is 1.73. The monoisotopic (exact) mass is 194 g/mol. The first kappa shape index (κ1) is 9.08. The van der Waals surface area contributed by atoms with Crippen molar-refractivity contribution in [2.75, 3.05) is 0 Å². The molecule has 1 aromatic rings. The summed E-state index contributed by atoms with van der Waals surface area (Å²) in [5.41, 5.74) is 1.35. The van der Waals surface area contributed by atoms with Crippen LogP contribution in [0.3, 0.4) is 0 Å². The van der Waals surface area contributed by atoms with Crippen LogP contribution in [0.25, 0.3) is 0 Å².